The minimum absolute atomic E-state index is 0.149. The molecule has 1 saturated carbocycles. The lowest BCUT2D eigenvalue weighted by Crippen LogP contribution is -2.71. The number of ether oxygens (including phenoxy) is 2. The van der Waals surface area contributed by atoms with Gasteiger partial charge < -0.3 is 20.1 Å². The van der Waals surface area contributed by atoms with E-state index in [0.717, 1.165) is 62.4 Å². The molecule has 2 aliphatic carbocycles. The zero-order valence-electron chi connectivity index (χ0n) is 22.6. The highest BCUT2D eigenvalue weighted by Gasteiger charge is 2.53. The molecule has 0 bridgehead atoms. The van der Waals surface area contributed by atoms with Crippen molar-refractivity contribution in [1.82, 2.24) is 19.9 Å². The zero-order chi connectivity index (χ0) is 27.6. The number of likely N-dealkylation sites (tertiary alicyclic amines) is 1. The molecule has 9 nitrogen and oxygen atoms in total. The van der Waals surface area contributed by atoms with Gasteiger partial charge in [0.2, 0.25) is 0 Å². The molecule has 40 heavy (non-hydrogen) atoms. The lowest BCUT2D eigenvalue weighted by molar-refractivity contribution is -0.218. The Kier molecular flexibility index (Phi) is 6.25. The molecule has 2 aromatic heterocycles. The molecular formula is C29H32FN7O2S. The predicted molar refractivity (Wildman–Crippen MR) is 152 cm³/mol. The average molecular weight is 562 g/mol. The molecule has 0 spiro atoms. The van der Waals surface area contributed by atoms with E-state index in [1.165, 1.54) is 17.8 Å². The number of allylic oxidation sites excluding steroid dienone is 4. The van der Waals surface area contributed by atoms with Gasteiger partial charge in [-0.25, -0.2) is 4.39 Å². The number of nitriles is 1. The van der Waals surface area contributed by atoms with Crippen LogP contribution in [0, 0.1) is 22.7 Å². The third kappa shape index (κ3) is 4.16. The fourth-order valence-corrected chi connectivity index (χ4v) is 7.42. The maximum Gasteiger partial charge on any atom is 0.318 e. The van der Waals surface area contributed by atoms with Crippen molar-refractivity contribution in [2.75, 3.05) is 44.3 Å². The lowest BCUT2D eigenvalue weighted by atomic mass is 9.83. The number of anilines is 1. The first-order chi connectivity index (χ1) is 19.4. The number of morpholine rings is 1. The number of halogens is 1. The van der Waals surface area contributed by atoms with Gasteiger partial charge in [-0.15, -0.1) is 0 Å². The molecule has 3 fully saturated rings. The number of nitrogens with two attached hydrogens (primary N) is 1. The highest BCUT2D eigenvalue weighted by atomic mass is 32.2. The monoisotopic (exact) mass is 561 g/mol. The van der Waals surface area contributed by atoms with E-state index < -0.39 is 11.2 Å². The van der Waals surface area contributed by atoms with Crippen LogP contribution in [-0.4, -0.2) is 76.6 Å². The van der Waals surface area contributed by atoms with Gasteiger partial charge in [0.15, 0.2) is 0 Å². The summed E-state index contributed by atoms with van der Waals surface area (Å²) in [7, 11) is 0. The third-order valence-corrected chi connectivity index (χ3v) is 10.2. The highest BCUT2D eigenvalue weighted by Crippen LogP contribution is 2.51. The van der Waals surface area contributed by atoms with Gasteiger partial charge in [-0.05, 0) is 44.4 Å². The topological polar surface area (TPSA) is 113 Å². The van der Waals surface area contributed by atoms with E-state index in [-0.39, 0.29) is 11.2 Å². The first-order valence-electron chi connectivity index (χ1n) is 14.0. The van der Waals surface area contributed by atoms with Crippen LogP contribution in [0.4, 0.5) is 10.2 Å². The zero-order valence-corrected chi connectivity index (χ0v) is 23.5. The molecule has 2 saturated heterocycles. The van der Waals surface area contributed by atoms with Crippen LogP contribution in [0.1, 0.15) is 32.4 Å². The molecule has 3 aliphatic heterocycles. The van der Waals surface area contributed by atoms with Crippen LogP contribution in [0.2, 0.25) is 0 Å². The molecule has 208 valence electrons. The van der Waals surface area contributed by atoms with Crippen molar-refractivity contribution in [1.29, 1.82) is 5.26 Å². The number of pyridine rings is 1. The van der Waals surface area contributed by atoms with Gasteiger partial charge in [0.1, 0.15) is 11.6 Å². The second-order valence-electron chi connectivity index (χ2n) is 11.3. The lowest BCUT2D eigenvalue weighted by Gasteiger charge is -2.55. The Labute approximate surface area is 236 Å². The normalized spacial score (nSPS) is 28.1. The predicted octanol–water partition coefficient (Wildman–Crippen LogP) is 3.79. The average Bonchev–Trinajstić information content (AvgIpc) is 3.63. The van der Waals surface area contributed by atoms with Crippen molar-refractivity contribution in [3.8, 4) is 12.1 Å². The largest absolute Gasteiger partial charge is 0.463 e. The van der Waals surface area contributed by atoms with Crippen LogP contribution in [0.5, 0.6) is 6.01 Å². The maximum atomic E-state index is 14.7. The Balaban J connectivity index is 1.21. The number of thioether (sulfide) groups is 1. The van der Waals surface area contributed by atoms with Crippen LogP contribution in [0.3, 0.4) is 0 Å². The van der Waals surface area contributed by atoms with Crippen molar-refractivity contribution < 1.29 is 13.9 Å². The van der Waals surface area contributed by atoms with Crippen LogP contribution in [-0.2, 0) is 4.74 Å². The third-order valence-electron chi connectivity index (χ3n) is 8.98. The summed E-state index contributed by atoms with van der Waals surface area (Å²) in [5.41, 5.74) is 8.74. The molecular weight excluding hydrogens is 529 g/mol. The summed E-state index contributed by atoms with van der Waals surface area (Å²) >= 11 is 1.20. The van der Waals surface area contributed by atoms with Crippen LogP contribution >= 0.6 is 11.8 Å². The summed E-state index contributed by atoms with van der Waals surface area (Å²) in [6.45, 7) is 9.21. The summed E-state index contributed by atoms with van der Waals surface area (Å²) in [4.78, 5) is 19.1. The van der Waals surface area contributed by atoms with Crippen molar-refractivity contribution in [3.05, 3.63) is 46.5 Å². The van der Waals surface area contributed by atoms with Gasteiger partial charge in [0, 0.05) is 43.7 Å². The van der Waals surface area contributed by atoms with E-state index in [9.17, 15) is 9.65 Å². The Bertz CT molecular complexity index is 1510. The summed E-state index contributed by atoms with van der Waals surface area (Å²) in [6.07, 6.45) is 7.64. The maximum absolute atomic E-state index is 14.7. The van der Waals surface area contributed by atoms with Gasteiger partial charge >= 0.3 is 6.01 Å². The fourth-order valence-electron chi connectivity index (χ4n) is 6.24. The highest BCUT2D eigenvalue weighted by molar-refractivity contribution is 8.04. The Morgan fingerprint density at radius 3 is 2.77 bits per heavy atom. The smallest absolute Gasteiger partial charge is 0.318 e. The molecule has 0 radical (unpaired) electrons. The van der Waals surface area contributed by atoms with E-state index in [4.69, 9.17) is 30.2 Å². The molecule has 2 aromatic rings. The molecule has 0 amide bonds. The Hall–Kier alpha value is -3.20. The van der Waals surface area contributed by atoms with Crippen LogP contribution in [0.15, 0.2) is 40.8 Å². The van der Waals surface area contributed by atoms with Crippen LogP contribution in [0.25, 0.3) is 16.5 Å². The number of hydrogen-bond donors (Lipinski definition) is 1. The SMILES string of the molecule is CCN(CC)c1nc(OCC2(CN3CC4OC[C@@H]43)CC2)nc2cc(C3=CC=C(F)C4SC(N)=C(C#N)C34)ncc12. The van der Waals surface area contributed by atoms with E-state index in [2.05, 4.69) is 29.7 Å². The first kappa shape index (κ1) is 25.7. The summed E-state index contributed by atoms with van der Waals surface area (Å²) in [6, 6.07) is 5.03. The molecule has 5 heterocycles. The van der Waals surface area contributed by atoms with Gasteiger partial charge in [0.05, 0.1) is 63.9 Å². The fraction of sp³-hybridized carbons (Fsp3) is 0.517. The minimum atomic E-state index is -0.550. The number of fused-ring (bicyclic) bond motifs is 3. The van der Waals surface area contributed by atoms with Crippen LogP contribution < -0.4 is 15.4 Å². The molecule has 4 atom stereocenters. The van der Waals surface area contributed by atoms with Crippen molar-refractivity contribution >= 4 is 34.1 Å². The molecule has 11 heteroatoms. The van der Waals surface area contributed by atoms with E-state index in [0.29, 0.717) is 46.6 Å². The summed E-state index contributed by atoms with van der Waals surface area (Å²) in [5, 5.41) is 10.4. The minimum Gasteiger partial charge on any atom is -0.463 e. The van der Waals surface area contributed by atoms with E-state index >= 15 is 0 Å². The molecule has 0 aromatic carbocycles. The second-order valence-corrected chi connectivity index (χ2v) is 12.5. The van der Waals surface area contributed by atoms with Gasteiger partial charge in [0.25, 0.3) is 0 Å². The number of nitrogens with zero attached hydrogens (tertiary/aromatic N) is 6. The van der Waals surface area contributed by atoms with Gasteiger partial charge in [-0.2, -0.15) is 15.2 Å². The van der Waals surface area contributed by atoms with E-state index in [1.54, 1.807) is 12.3 Å². The standard InChI is InChI=1S/C29H32FN7O2S/c1-3-36(4-2)27-18-11-33-20(16-5-6-19(30)25-24(16)17(10-31)26(32)40-25)9-21(18)34-28(35-27)39-15-29(7-8-29)14-37-12-23-22(37)13-38-23/h5-6,9,11,22-25H,3-4,7-8,12-15,32H2,1-2H3/t22-,23?,24?,25?/m0/s1. The number of aromatic nitrogens is 3. The van der Waals surface area contributed by atoms with Crippen molar-refractivity contribution in [2.24, 2.45) is 17.1 Å². The summed E-state index contributed by atoms with van der Waals surface area (Å²) in [5.74, 6) is 0.00892. The molecule has 7 rings (SSSR count). The van der Waals surface area contributed by atoms with Gasteiger partial charge in [-0.1, -0.05) is 17.8 Å². The van der Waals surface area contributed by atoms with Gasteiger partial charge in [-0.3, -0.25) is 9.88 Å². The second kappa shape index (κ2) is 9.72. The number of hydrogen-bond acceptors (Lipinski definition) is 10. The first-order valence-corrected chi connectivity index (χ1v) is 14.9. The molecule has 5 aliphatic rings. The molecule has 3 unspecified atom stereocenters. The Morgan fingerprint density at radius 1 is 1.30 bits per heavy atom. The van der Waals surface area contributed by atoms with Crippen molar-refractivity contribution in [3.63, 3.8) is 0 Å². The van der Waals surface area contributed by atoms with E-state index in [1.807, 2.05) is 6.07 Å². The molecule has 2 N–H and O–H groups in total. The number of rotatable bonds is 9. The van der Waals surface area contributed by atoms with Crippen molar-refractivity contribution in [2.45, 2.75) is 44.1 Å². The quantitative estimate of drug-likeness (QED) is 0.485. The Morgan fingerprint density at radius 2 is 2.12 bits per heavy atom. The summed E-state index contributed by atoms with van der Waals surface area (Å²) < 4.78 is 26.6.